The van der Waals surface area contributed by atoms with Crippen LogP contribution in [0.1, 0.15) is 134 Å². The minimum Gasteiger partial charge on any atom is -0.497 e. The van der Waals surface area contributed by atoms with Crippen LogP contribution < -0.4 is 50.1 Å². The maximum absolute atomic E-state index is 14.7. The number of primary sulfonamides is 1. The van der Waals surface area contributed by atoms with Crippen LogP contribution in [0.25, 0.3) is 44.3 Å². The van der Waals surface area contributed by atoms with E-state index in [1.807, 2.05) is 84.9 Å². The van der Waals surface area contributed by atoms with Crippen molar-refractivity contribution in [1.29, 1.82) is 0 Å². The van der Waals surface area contributed by atoms with Gasteiger partial charge in [0.15, 0.2) is 0 Å². The molecule has 6 aliphatic rings. The summed E-state index contributed by atoms with van der Waals surface area (Å²) in [6.07, 6.45) is 2.26. The van der Waals surface area contributed by atoms with Crippen LogP contribution in [0.3, 0.4) is 0 Å². The number of aliphatic carboxylic acids is 1. The van der Waals surface area contributed by atoms with Gasteiger partial charge in [-0.15, -0.1) is 13.2 Å². The van der Waals surface area contributed by atoms with Crippen LogP contribution in [0.2, 0.25) is 0 Å². The van der Waals surface area contributed by atoms with Crippen molar-refractivity contribution >= 4 is 89.5 Å². The smallest absolute Gasteiger partial charge is 0.408 e. The fourth-order valence-corrected chi connectivity index (χ4v) is 17.2. The molecule has 2 saturated heterocycles. The van der Waals surface area contributed by atoms with E-state index in [4.69, 9.17) is 53.0 Å². The van der Waals surface area contributed by atoms with Gasteiger partial charge in [0.1, 0.15) is 91.1 Å². The minimum absolute atomic E-state index is 0.00673. The molecule has 4 aliphatic carbocycles. The number of nitrogens with one attached hydrogen (secondary N) is 5. The van der Waals surface area contributed by atoms with Crippen molar-refractivity contribution in [2.45, 2.75) is 203 Å². The second-order valence-corrected chi connectivity index (χ2v) is 39.4. The van der Waals surface area contributed by atoms with Gasteiger partial charge >= 0.3 is 18.2 Å². The number of benzene rings is 4. The number of nitrogens with zero attached hydrogens (tertiary/aromatic N) is 4. The molecule has 31 nitrogen and oxygen atoms in total. The van der Waals surface area contributed by atoms with E-state index in [0.29, 0.717) is 81.9 Å². The van der Waals surface area contributed by atoms with Gasteiger partial charge in [0.05, 0.1) is 62.9 Å². The maximum atomic E-state index is 14.7. The standard InChI is InChI=1S/C43H55N5O10S.C38H46N4O8.C5H11NO3S/c1-10-27-23-43(27,38(51)47-59(53,54)42(18-19-42)25-55-8)46-36(49)33-21-29(24-48(33)37(50)35(40(2,3)4)45-39(52)58-41(5,6)7)57-34-22-31(26-14-12-11-13-15-26)44-32-20-28(56-9)16-17-30(32)34;1-9-23-20-38(23,34(45)46)41-32(43)29-18-25(21-42(29)33(44)31(36(2,3)4)40-35(47)50-37(5,6)7)49-30-19-27(22-13-11-10-12-14-22)39-28-17-24(48-8)15-16-26(28)30;1-9-4-5(2-3-5)10(6,7)8/h10-17,20,22,27,29,33,35H,1,18-19,21,23-25H2,2-9H3,(H,45,52)(H,46,49)(H,47,51);9-17,19,23,25,29,31H,1,18,20-21H2,2-8H3,(H,40,47)(H,41,43)(H,45,46);2-4H2,1H3,(H2,6,7,8)/t27?,29-,33+,35-,43-;23?,25-,29+,31-,38-;/m11./s1. The molecule has 0 bridgehead atoms. The highest BCUT2D eigenvalue weighted by Gasteiger charge is 2.65. The van der Waals surface area contributed by atoms with Gasteiger partial charge in [-0.2, -0.15) is 0 Å². The molecule has 4 heterocycles. The minimum atomic E-state index is -4.17. The molecule has 12 rings (SSSR count). The third kappa shape index (κ3) is 21.0. The Bertz CT molecular complexity index is 5080. The number of rotatable bonds is 27. The predicted molar refractivity (Wildman–Crippen MR) is 446 cm³/mol. The molecule has 2 aromatic heterocycles. The lowest BCUT2D eigenvalue weighted by molar-refractivity contribution is -0.146. The third-order valence-electron chi connectivity index (χ3n) is 21.8. The molecule has 8 N–H and O–H groups in total. The summed E-state index contributed by atoms with van der Waals surface area (Å²) in [4.78, 5) is 122. The first-order valence-corrected chi connectivity index (χ1v) is 42.4. The number of ether oxygens (including phenoxy) is 8. The molecule has 2 aliphatic heterocycles. The molecular weight excluding hydrogens is 1570 g/mol. The predicted octanol–water partition coefficient (Wildman–Crippen LogP) is 9.68. The summed E-state index contributed by atoms with van der Waals surface area (Å²) in [5, 5.41) is 27.3. The summed E-state index contributed by atoms with van der Waals surface area (Å²) in [6.45, 7) is 28.6. The van der Waals surface area contributed by atoms with Crippen molar-refractivity contribution in [3.8, 4) is 45.5 Å². The van der Waals surface area contributed by atoms with Crippen LogP contribution in [0.15, 0.2) is 135 Å². The lowest BCUT2D eigenvalue weighted by atomic mass is 9.85. The van der Waals surface area contributed by atoms with Crippen molar-refractivity contribution in [3.05, 3.63) is 135 Å². The summed E-state index contributed by atoms with van der Waals surface area (Å²) in [6, 6.07) is 29.1. The van der Waals surface area contributed by atoms with Crippen LogP contribution in [0.5, 0.6) is 23.0 Å². The molecule has 644 valence electrons. The number of carboxylic acid groups (broad SMARTS) is 1. The zero-order valence-electron chi connectivity index (χ0n) is 70.4. The number of alkyl carbamates (subject to hydrolysis) is 2. The second-order valence-electron chi connectivity index (χ2n) is 35.4. The third-order valence-corrected chi connectivity index (χ3v) is 25.7. The van der Waals surface area contributed by atoms with Gasteiger partial charge in [0.25, 0.3) is 5.91 Å². The number of amides is 7. The number of pyridine rings is 2. The van der Waals surface area contributed by atoms with E-state index in [9.17, 15) is 60.3 Å². The molecule has 0 radical (unpaired) electrons. The van der Waals surface area contributed by atoms with E-state index in [2.05, 4.69) is 39.1 Å². The maximum Gasteiger partial charge on any atom is 0.408 e. The Morgan fingerprint density at radius 2 is 0.933 bits per heavy atom. The number of carbonyl (C=O) groups is 8. The largest absolute Gasteiger partial charge is 0.497 e. The number of carboxylic acids is 1. The average molecular weight is 1690 g/mol. The number of sulfonamides is 2. The van der Waals surface area contributed by atoms with Gasteiger partial charge in [-0.1, -0.05) is 114 Å². The summed E-state index contributed by atoms with van der Waals surface area (Å²) in [5.41, 5.74) is -2.22. The first-order valence-electron chi connectivity index (χ1n) is 39.3. The lowest BCUT2D eigenvalue weighted by Crippen LogP contribution is -2.60. The van der Waals surface area contributed by atoms with Crippen LogP contribution in [-0.2, 0) is 67.8 Å². The molecule has 4 aromatic carbocycles. The zero-order valence-corrected chi connectivity index (χ0v) is 72.0. The Morgan fingerprint density at radius 1 is 0.555 bits per heavy atom. The normalized spacial score (nSPS) is 22.6. The van der Waals surface area contributed by atoms with Crippen LogP contribution in [0, 0.1) is 22.7 Å². The van der Waals surface area contributed by atoms with Crippen LogP contribution >= 0.6 is 0 Å². The van der Waals surface area contributed by atoms with Crippen molar-refractivity contribution < 1.29 is 98.2 Å². The first kappa shape index (κ1) is 90.8. The number of likely N-dealkylation sites (tertiary alicyclic amines) is 2. The second kappa shape index (κ2) is 35.1. The van der Waals surface area contributed by atoms with Gasteiger partial charge in [-0.3, -0.25) is 28.7 Å². The van der Waals surface area contributed by atoms with E-state index in [1.54, 1.807) is 122 Å². The fraction of sp³-hybridized carbons (Fsp3) is 0.512. The number of hydrogen-bond acceptors (Lipinski definition) is 22. The average Bonchev–Trinajstić information content (AvgIpc) is 1.56. The number of carbonyl (C=O) groups excluding carboxylic acids is 7. The van der Waals surface area contributed by atoms with Crippen molar-refractivity contribution in [3.63, 3.8) is 0 Å². The van der Waals surface area contributed by atoms with Gasteiger partial charge in [0.2, 0.25) is 43.7 Å². The van der Waals surface area contributed by atoms with E-state index in [1.165, 1.54) is 36.2 Å². The van der Waals surface area contributed by atoms with Gasteiger partial charge < -0.3 is 74.1 Å². The summed E-state index contributed by atoms with van der Waals surface area (Å²) < 4.78 is 93.8. The molecule has 0 spiro atoms. The fourth-order valence-electron chi connectivity index (χ4n) is 14.7. The number of hydrogen-bond donors (Lipinski definition) is 7. The van der Waals surface area contributed by atoms with Crippen LogP contribution in [-0.4, -0.2) is 212 Å². The van der Waals surface area contributed by atoms with Crippen LogP contribution in [0.4, 0.5) is 9.59 Å². The summed E-state index contributed by atoms with van der Waals surface area (Å²) in [5.74, 6) is -3.37. The quantitative estimate of drug-likeness (QED) is 0.0236. The van der Waals surface area contributed by atoms with E-state index in [0.717, 1.165) is 11.1 Å². The highest BCUT2D eigenvalue weighted by molar-refractivity contribution is 7.91. The Kier molecular flexibility index (Phi) is 26.8. The number of methoxy groups -OCH3 is 4. The molecule has 6 fully saturated rings. The Morgan fingerprint density at radius 3 is 1.25 bits per heavy atom. The van der Waals surface area contributed by atoms with Gasteiger partial charge in [-0.05, 0) is 115 Å². The molecule has 7 amide bonds. The first-order chi connectivity index (χ1) is 55.6. The van der Waals surface area contributed by atoms with Crippen molar-refractivity contribution in [2.24, 2.45) is 27.8 Å². The number of nitrogens with two attached hydrogens (primary N) is 1. The van der Waals surface area contributed by atoms with Crippen molar-refractivity contribution in [1.82, 2.24) is 45.8 Å². The topological polar surface area (TPSA) is 417 Å². The molecule has 33 heteroatoms. The summed E-state index contributed by atoms with van der Waals surface area (Å²) >= 11 is 0. The van der Waals surface area contributed by atoms with E-state index >= 15 is 0 Å². The summed E-state index contributed by atoms with van der Waals surface area (Å²) in [7, 11) is -1.54. The van der Waals surface area contributed by atoms with Gasteiger partial charge in [0, 0.05) is 85.1 Å². The van der Waals surface area contributed by atoms with E-state index in [-0.39, 0.29) is 52.0 Å². The molecule has 2 unspecified atom stereocenters. The molecule has 10 atom stereocenters. The SMILES string of the molecule is C=CC1C[C@]1(NC(=O)[C@@H]1C[C@@H](Oc2cc(-c3ccccc3)nc3cc(OC)ccc23)CN1C(=O)[C@@H](NC(=O)OC(C)(C)C)C(C)(C)C)C(=O)NS(=O)(=O)C1(COC)CC1.C=CC1C[C@]1(NC(=O)[C@@H]1C[C@@H](Oc2cc(-c3ccccc3)nc3cc(OC)ccc23)CN1C(=O)[C@@H](NC(=O)OC(C)(C)C)C(C)(C)C)C(=O)O.COCC1(S(N)(=O)=O)CC1. The number of fused-ring (bicyclic) bond motifs is 2. The Hall–Kier alpha value is -10.5. The number of aromatic nitrogens is 2. The zero-order chi connectivity index (χ0) is 87.6. The molecule has 4 saturated carbocycles. The monoisotopic (exact) mass is 1680 g/mol. The lowest BCUT2D eigenvalue weighted by Gasteiger charge is -2.36. The molecular formula is C86H112N10O21S2. The highest BCUT2D eigenvalue weighted by Crippen LogP contribution is 2.49. The Labute approximate surface area is 695 Å². The molecule has 119 heavy (non-hydrogen) atoms. The molecule has 6 aromatic rings. The van der Waals surface area contributed by atoms with E-state index < -0.39 is 159 Å². The Balaban J connectivity index is 0.000000226. The van der Waals surface area contributed by atoms with Gasteiger partial charge in [-0.25, -0.2) is 46.3 Å². The highest BCUT2D eigenvalue weighted by atomic mass is 32.2. The van der Waals surface area contributed by atoms with Crippen molar-refractivity contribution in [2.75, 3.05) is 54.7 Å².